The molecule has 1 saturated carbocycles. The monoisotopic (exact) mass is 331 g/mol. The molecule has 1 atom stereocenters. The van der Waals surface area contributed by atoms with Gasteiger partial charge in [-0.05, 0) is 53.1 Å². The molecule has 0 bridgehead atoms. The second kappa shape index (κ2) is 5.78. The Morgan fingerprint density at radius 3 is 2.63 bits per heavy atom. The first-order valence-electron chi connectivity index (χ1n) is 6.78. The van der Waals surface area contributed by atoms with Gasteiger partial charge in [0.15, 0.2) is 0 Å². The lowest BCUT2D eigenvalue weighted by Gasteiger charge is -2.22. The van der Waals surface area contributed by atoms with Gasteiger partial charge in [0.25, 0.3) is 0 Å². The molecule has 0 spiro atoms. The summed E-state index contributed by atoms with van der Waals surface area (Å²) < 4.78 is 27.4. The number of hydrogen-bond acceptors (Lipinski definition) is 1. The first-order valence-corrected chi connectivity index (χ1v) is 7.58. The third kappa shape index (κ3) is 3.91. The van der Waals surface area contributed by atoms with Crippen molar-refractivity contribution in [1.82, 2.24) is 0 Å². The Balaban J connectivity index is 2.07. The summed E-state index contributed by atoms with van der Waals surface area (Å²) in [7, 11) is 0. The van der Waals surface area contributed by atoms with Crippen molar-refractivity contribution in [3.63, 3.8) is 0 Å². The van der Waals surface area contributed by atoms with E-state index in [1.54, 1.807) is 0 Å². The van der Waals surface area contributed by atoms with Crippen LogP contribution in [-0.4, -0.2) is 6.04 Å². The van der Waals surface area contributed by atoms with Gasteiger partial charge >= 0.3 is 0 Å². The summed E-state index contributed by atoms with van der Waals surface area (Å²) in [6.45, 7) is 4.55. The van der Waals surface area contributed by atoms with E-state index in [4.69, 9.17) is 0 Å². The number of hydrogen-bond donors (Lipinski definition) is 1. The molecule has 1 aromatic carbocycles. The second-order valence-corrected chi connectivity index (χ2v) is 7.04. The fourth-order valence-electron chi connectivity index (χ4n) is 2.66. The minimum Gasteiger partial charge on any atom is -0.380 e. The first kappa shape index (κ1) is 14.8. The van der Waals surface area contributed by atoms with E-state index in [-0.39, 0.29) is 16.2 Å². The lowest BCUT2D eigenvalue weighted by atomic mass is 9.85. The zero-order valence-electron chi connectivity index (χ0n) is 11.4. The van der Waals surface area contributed by atoms with E-state index in [0.29, 0.717) is 5.41 Å². The Labute approximate surface area is 121 Å². The van der Waals surface area contributed by atoms with Crippen molar-refractivity contribution in [2.75, 3.05) is 5.32 Å². The fraction of sp³-hybridized carbons (Fsp3) is 0.600. The Hall–Kier alpha value is -0.640. The Morgan fingerprint density at radius 1 is 1.16 bits per heavy atom. The molecule has 1 aliphatic carbocycles. The SMILES string of the molecule is CC1(C)CCCC(Nc2cc(F)c(Br)cc2F)CC1. The minimum absolute atomic E-state index is 0.164. The first-order chi connectivity index (χ1) is 8.87. The number of anilines is 1. The maximum atomic E-state index is 13.8. The molecular weight excluding hydrogens is 312 g/mol. The zero-order chi connectivity index (χ0) is 14.0. The molecule has 19 heavy (non-hydrogen) atoms. The van der Waals surface area contributed by atoms with Gasteiger partial charge in [-0.2, -0.15) is 0 Å². The van der Waals surface area contributed by atoms with Gasteiger partial charge in [-0.25, -0.2) is 8.78 Å². The van der Waals surface area contributed by atoms with E-state index in [2.05, 4.69) is 35.1 Å². The van der Waals surface area contributed by atoms with Crippen molar-refractivity contribution < 1.29 is 8.78 Å². The van der Waals surface area contributed by atoms with E-state index < -0.39 is 11.6 Å². The minimum atomic E-state index is -0.433. The Bertz CT molecular complexity index is 460. The summed E-state index contributed by atoms with van der Waals surface area (Å²) in [5, 5.41) is 3.16. The normalized spacial score (nSPS) is 22.9. The van der Waals surface area contributed by atoms with Gasteiger partial charge in [0, 0.05) is 12.1 Å². The maximum absolute atomic E-state index is 13.8. The molecule has 1 unspecified atom stereocenters. The molecular formula is C15H20BrF2N. The number of benzene rings is 1. The highest BCUT2D eigenvalue weighted by Gasteiger charge is 2.24. The van der Waals surface area contributed by atoms with Gasteiger partial charge < -0.3 is 5.32 Å². The standard InChI is InChI=1S/C15H20BrF2N/c1-15(2)6-3-4-10(5-7-15)19-14-9-12(17)11(16)8-13(14)18/h8-10,19H,3-7H2,1-2H3. The van der Waals surface area contributed by atoms with Crippen LogP contribution in [0.5, 0.6) is 0 Å². The zero-order valence-corrected chi connectivity index (χ0v) is 13.0. The van der Waals surface area contributed by atoms with Crippen molar-refractivity contribution in [3.05, 3.63) is 28.2 Å². The van der Waals surface area contributed by atoms with Gasteiger partial charge in [0.1, 0.15) is 11.6 Å². The number of halogens is 3. The van der Waals surface area contributed by atoms with Gasteiger partial charge in [-0.15, -0.1) is 0 Å². The molecule has 0 amide bonds. The van der Waals surface area contributed by atoms with Gasteiger partial charge in [-0.3, -0.25) is 0 Å². The number of rotatable bonds is 2. The topological polar surface area (TPSA) is 12.0 Å². The van der Waals surface area contributed by atoms with E-state index in [0.717, 1.165) is 25.7 Å². The molecule has 0 heterocycles. The summed E-state index contributed by atoms with van der Waals surface area (Å²) in [5.74, 6) is -0.838. The van der Waals surface area contributed by atoms with Crippen LogP contribution in [0.2, 0.25) is 0 Å². The molecule has 1 aliphatic rings. The van der Waals surface area contributed by atoms with Crippen molar-refractivity contribution in [2.45, 2.75) is 52.0 Å². The lowest BCUT2D eigenvalue weighted by Crippen LogP contribution is -2.20. The van der Waals surface area contributed by atoms with Crippen molar-refractivity contribution in [1.29, 1.82) is 0 Å². The highest BCUT2D eigenvalue weighted by atomic mass is 79.9. The molecule has 1 fully saturated rings. The Morgan fingerprint density at radius 2 is 1.89 bits per heavy atom. The van der Waals surface area contributed by atoms with Crippen molar-refractivity contribution in [3.8, 4) is 0 Å². The Kier molecular flexibility index (Phi) is 4.49. The molecule has 106 valence electrons. The van der Waals surface area contributed by atoms with Crippen LogP contribution in [0.25, 0.3) is 0 Å². The second-order valence-electron chi connectivity index (χ2n) is 6.18. The molecule has 0 saturated heterocycles. The van der Waals surface area contributed by atoms with Crippen LogP contribution < -0.4 is 5.32 Å². The molecule has 4 heteroatoms. The van der Waals surface area contributed by atoms with E-state index in [9.17, 15) is 8.78 Å². The van der Waals surface area contributed by atoms with Gasteiger partial charge in [0.05, 0.1) is 10.2 Å². The van der Waals surface area contributed by atoms with Crippen LogP contribution in [0.4, 0.5) is 14.5 Å². The van der Waals surface area contributed by atoms with E-state index in [1.165, 1.54) is 18.6 Å². The van der Waals surface area contributed by atoms with Crippen LogP contribution in [0.3, 0.4) is 0 Å². The van der Waals surface area contributed by atoms with E-state index >= 15 is 0 Å². The quantitative estimate of drug-likeness (QED) is 0.557. The third-order valence-electron chi connectivity index (χ3n) is 3.95. The fourth-order valence-corrected chi connectivity index (χ4v) is 2.97. The average Bonchev–Trinajstić information content (AvgIpc) is 2.48. The lowest BCUT2D eigenvalue weighted by molar-refractivity contribution is 0.313. The van der Waals surface area contributed by atoms with Crippen molar-refractivity contribution in [2.24, 2.45) is 5.41 Å². The predicted octanol–water partition coefficient (Wildman–Crippen LogP) is 5.50. The third-order valence-corrected chi connectivity index (χ3v) is 4.55. The van der Waals surface area contributed by atoms with Gasteiger partial charge in [0.2, 0.25) is 0 Å². The van der Waals surface area contributed by atoms with Crippen LogP contribution in [-0.2, 0) is 0 Å². The van der Waals surface area contributed by atoms with Crippen LogP contribution in [0, 0.1) is 17.0 Å². The summed E-state index contributed by atoms with van der Waals surface area (Å²) >= 11 is 2.99. The van der Waals surface area contributed by atoms with Crippen LogP contribution in [0.15, 0.2) is 16.6 Å². The van der Waals surface area contributed by atoms with E-state index in [1.807, 2.05) is 0 Å². The molecule has 0 radical (unpaired) electrons. The molecule has 0 aliphatic heterocycles. The van der Waals surface area contributed by atoms with Crippen LogP contribution in [0.1, 0.15) is 46.0 Å². The molecule has 1 N–H and O–H groups in total. The highest BCUT2D eigenvalue weighted by molar-refractivity contribution is 9.10. The summed E-state index contributed by atoms with van der Waals surface area (Å²) in [4.78, 5) is 0. The predicted molar refractivity (Wildman–Crippen MR) is 78.3 cm³/mol. The highest BCUT2D eigenvalue weighted by Crippen LogP contribution is 2.35. The average molecular weight is 332 g/mol. The summed E-state index contributed by atoms with van der Waals surface area (Å²) in [6, 6.07) is 2.64. The van der Waals surface area contributed by atoms with Crippen molar-refractivity contribution >= 4 is 21.6 Å². The number of nitrogens with one attached hydrogen (secondary N) is 1. The smallest absolute Gasteiger partial charge is 0.147 e. The summed E-state index contributed by atoms with van der Waals surface area (Å²) in [6.07, 6.45) is 5.46. The molecule has 1 nitrogen and oxygen atoms in total. The largest absolute Gasteiger partial charge is 0.380 e. The summed E-state index contributed by atoms with van der Waals surface area (Å²) in [5.41, 5.74) is 0.630. The van der Waals surface area contributed by atoms with Gasteiger partial charge in [-0.1, -0.05) is 20.3 Å². The molecule has 1 aromatic rings. The van der Waals surface area contributed by atoms with Crippen LogP contribution >= 0.6 is 15.9 Å². The molecule has 0 aromatic heterocycles. The maximum Gasteiger partial charge on any atom is 0.147 e. The molecule has 2 rings (SSSR count).